The number of nitrogens with one attached hydrogen (secondary N) is 2. The highest BCUT2D eigenvalue weighted by molar-refractivity contribution is 7.14. The maximum absolute atomic E-state index is 11.7. The van der Waals surface area contributed by atoms with E-state index < -0.39 is 18.5 Å². The van der Waals surface area contributed by atoms with Gasteiger partial charge >= 0.3 is 5.97 Å². The zero-order valence-electron chi connectivity index (χ0n) is 11.7. The van der Waals surface area contributed by atoms with Crippen molar-refractivity contribution in [2.45, 2.75) is 13.8 Å². The van der Waals surface area contributed by atoms with Crippen molar-refractivity contribution in [2.24, 2.45) is 0 Å². The van der Waals surface area contributed by atoms with Crippen LogP contribution in [0.1, 0.15) is 23.2 Å². The first-order chi connectivity index (χ1) is 10.4. The number of carbonyl (C=O) groups excluding carboxylic acids is 3. The van der Waals surface area contributed by atoms with E-state index in [2.05, 4.69) is 20.8 Å². The van der Waals surface area contributed by atoms with E-state index in [0.717, 1.165) is 11.3 Å². The number of aryl methyl sites for hydroxylation is 1. The third kappa shape index (κ3) is 4.38. The third-order valence-electron chi connectivity index (χ3n) is 2.23. The van der Waals surface area contributed by atoms with Crippen LogP contribution in [0.3, 0.4) is 0 Å². The highest BCUT2D eigenvalue weighted by atomic mass is 32.1. The molecule has 0 atom stereocenters. The number of esters is 1. The van der Waals surface area contributed by atoms with Crippen LogP contribution in [0.5, 0.6) is 0 Å². The van der Waals surface area contributed by atoms with Gasteiger partial charge in [0.05, 0.1) is 0 Å². The average Bonchev–Trinajstić information content (AvgIpc) is 3.05. The molecule has 0 saturated carbocycles. The van der Waals surface area contributed by atoms with Gasteiger partial charge in [0.25, 0.3) is 5.91 Å². The van der Waals surface area contributed by atoms with E-state index >= 15 is 0 Å². The number of carbonyl (C=O) groups is 3. The van der Waals surface area contributed by atoms with Gasteiger partial charge in [-0.05, 0) is 6.92 Å². The Morgan fingerprint density at radius 3 is 2.77 bits per heavy atom. The molecule has 2 heterocycles. The van der Waals surface area contributed by atoms with Crippen LogP contribution in [0.4, 0.5) is 10.9 Å². The number of hydrogen-bond acceptors (Lipinski definition) is 8. The van der Waals surface area contributed by atoms with Gasteiger partial charge in [-0.3, -0.25) is 9.59 Å². The van der Waals surface area contributed by atoms with Crippen molar-refractivity contribution in [1.29, 1.82) is 0 Å². The number of ether oxygens (including phenoxy) is 1. The summed E-state index contributed by atoms with van der Waals surface area (Å²) < 4.78 is 9.59. The number of anilines is 2. The summed E-state index contributed by atoms with van der Waals surface area (Å²) in [6.07, 6.45) is 0. The van der Waals surface area contributed by atoms with Crippen LogP contribution in [-0.4, -0.2) is 34.5 Å². The van der Waals surface area contributed by atoms with Gasteiger partial charge in [0.2, 0.25) is 5.91 Å². The van der Waals surface area contributed by atoms with E-state index in [0.29, 0.717) is 5.76 Å². The fourth-order valence-corrected chi connectivity index (χ4v) is 2.11. The molecule has 2 aromatic heterocycles. The molecule has 0 bridgehead atoms. The molecule has 2 rings (SSSR count). The van der Waals surface area contributed by atoms with Crippen LogP contribution < -0.4 is 10.6 Å². The van der Waals surface area contributed by atoms with Crippen LogP contribution in [-0.2, 0) is 14.3 Å². The quantitative estimate of drug-likeness (QED) is 0.792. The summed E-state index contributed by atoms with van der Waals surface area (Å²) in [5.41, 5.74) is 0.0128. The Balaban J connectivity index is 1.83. The van der Waals surface area contributed by atoms with Gasteiger partial charge in [-0.1, -0.05) is 5.16 Å². The Morgan fingerprint density at radius 2 is 2.14 bits per heavy atom. The minimum Gasteiger partial charge on any atom is -0.451 e. The van der Waals surface area contributed by atoms with Crippen molar-refractivity contribution in [1.82, 2.24) is 10.1 Å². The average molecular weight is 324 g/mol. The number of nitrogens with zero attached hydrogens (tertiary/aromatic N) is 2. The molecule has 0 radical (unpaired) electrons. The fourth-order valence-electron chi connectivity index (χ4n) is 1.38. The van der Waals surface area contributed by atoms with Crippen LogP contribution in [0.15, 0.2) is 16.0 Å². The fraction of sp³-hybridized carbons (Fsp3) is 0.250. The Kier molecular flexibility index (Phi) is 4.84. The van der Waals surface area contributed by atoms with Crippen molar-refractivity contribution in [2.75, 3.05) is 17.2 Å². The molecule has 2 amide bonds. The number of aromatic nitrogens is 2. The topological polar surface area (TPSA) is 123 Å². The molecular formula is C12H12N4O5S. The zero-order valence-corrected chi connectivity index (χ0v) is 12.5. The standard InChI is InChI=1S/C12H12N4O5S/c1-6-3-9(16-21-6)15-10(18)4-20-11(19)8-5-22-12(14-8)13-7(2)17/h3,5H,4H2,1-2H3,(H,13,14,17)(H,15,16,18). The normalized spacial score (nSPS) is 10.1. The second kappa shape index (κ2) is 6.80. The Morgan fingerprint density at radius 1 is 1.36 bits per heavy atom. The molecule has 0 aliphatic carbocycles. The largest absolute Gasteiger partial charge is 0.451 e. The molecule has 0 spiro atoms. The molecule has 0 saturated heterocycles. The summed E-state index contributed by atoms with van der Waals surface area (Å²) >= 11 is 1.08. The van der Waals surface area contributed by atoms with E-state index in [1.165, 1.54) is 18.4 Å². The second-order valence-electron chi connectivity index (χ2n) is 4.17. The predicted octanol–water partition coefficient (Wildman–Crippen LogP) is 1.19. The second-order valence-corrected chi connectivity index (χ2v) is 5.02. The monoisotopic (exact) mass is 324 g/mol. The van der Waals surface area contributed by atoms with Crippen molar-refractivity contribution in [3.05, 3.63) is 22.9 Å². The van der Waals surface area contributed by atoms with E-state index in [9.17, 15) is 14.4 Å². The minimum absolute atomic E-state index is 0.0128. The smallest absolute Gasteiger partial charge is 0.358 e. The summed E-state index contributed by atoms with van der Waals surface area (Å²) in [4.78, 5) is 38.0. The molecule has 0 aliphatic rings. The Labute approximate surface area is 128 Å². The number of amides is 2. The molecule has 0 aliphatic heterocycles. The van der Waals surface area contributed by atoms with Crippen LogP contribution in [0.2, 0.25) is 0 Å². The maximum Gasteiger partial charge on any atom is 0.358 e. The molecule has 116 valence electrons. The van der Waals surface area contributed by atoms with Gasteiger partial charge in [-0.25, -0.2) is 9.78 Å². The molecule has 10 heteroatoms. The summed E-state index contributed by atoms with van der Waals surface area (Å²) in [6.45, 7) is 2.52. The van der Waals surface area contributed by atoms with E-state index in [1.807, 2.05) is 0 Å². The van der Waals surface area contributed by atoms with Gasteiger partial charge in [-0.15, -0.1) is 11.3 Å². The first-order valence-electron chi connectivity index (χ1n) is 6.07. The maximum atomic E-state index is 11.7. The van der Waals surface area contributed by atoms with Crippen LogP contribution in [0.25, 0.3) is 0 Å². The molecular weight excluding hydrogens is 312 g/mol. The van der Waals surface area contributed by atoms with Gasteiger partial charge in [0, 0.05) is 18.4 Å². The molecule has 9 nitrogen and oxygen atoms in total. The van der Waals surface area contributed by atoms with E-state index in [4.69, 9.17) is 9.26 Å². The lowest BCUT2D eigenvalue weighted by Crippen LogP contribution is -2.21. The molecule has 2 aromatic rings. The summed E-state index contributed by atoms with van der Waals surface area (Å²) in [7, 11) is 0. The van der Waals surface area contributed by atoms with E-state index in [1.54, 1.807) is 6.92 Å². The molecule has 0 unspecified atom stereocenters. The number of thiazole rings is 1. The van der Waals surface area contributed by atoms with Gasteiger partial charge < -0.3 is 19.9 Å². The lowest BCUT2D eigenvalue weighted by Gasteiger charge is -2.02. The van der Waals surface area contributed by atoms with Gasteiger partial charge in [0.15, 0.2) is 23.3 Å². The molecule has 2 N–H and O–H groups in total. The van der Waals surface area contributed by atoms with Crippen LogP contribution in [0, 0.1) is 6.92 Å². The Bertz CT molecular complexity index is 708. The summed E-state index contributed by atoms with van der Waals surface area (Å²) in [6, 6.07) is 1.53. The molecule has 0 aromatic carbocycles. The first-order valence-corrected chi connectivity index (χ1v) is 6.95. The van der Waals surface area contributed by atoms with Gasteiger partial charge in [-0.2, -0.15) is 0 Å². The van der Waals surface area contributed by atoms with Crippen molar-refractivity contribution < 1.29 is 23.6 Å². The number of rotatable bonds is 5. The molecule has 0 fully saturated rings. The lowest BCUT2D eigenvalue weighted by molar-refractivity contribution is -0.119. The Hall–Kier alpha value is -2.75. The highest BCUT2D eigenvalue weighted by Gasteiger charge is 2.15. The predicted molar refractivity (Wildman–Crippen MR) is 76.6 cm³/mol. The van der Waals surface area contributed by atoms with Gasteiger partial charge in [0.1, 0.15) is 5.76 Å². The number of hydrogen-bond donors (Lipinski definition) is 2. The van der Waals surface area contributed by atoms with Crippen molar-refractivity contribution in [3.63, 3.8) is 0 Å². The van der Waals surface area contributed by atoms with Crippen molar-refractivity contribution in [3.8, 4) is 0 Å². The van der Waals surface area contributed by atoms with Crippen molar-refractivity contribution >= 4 is 40.1 Å². The third-order valence-corrected chi connectivity index (χ3v) is 2.98. The summed E-state index contributed by atoms with van der Waals surface area (Å²) in [5.74, 6) is -0.838. The SMILES string of the molecule is CC(=O)Nc1nc(C(=O)OCC(=O)Nc2cc(C)on2)cs1. The first kappa shape index (κ1) is 15.6. The minimum atomic E-state index is -0.765. The van der Waals surface area contributed by atoms with Crippen LogP contribution >= 0.6 is 11.3 Å². The lowest BCUT2D eigenvalue weighted by atomic mass is 10.5. The summed E-state index contributed by atoms with van der Waals surface area (Å²) in [5, 5.41) is 10.1. The van der Waals surface area contributed by atoms with E-state index in [-0.39, 0.29) is 22.6 Å². The molecule has 22 heavy (non-hydrogen) atoms. The zero-order chi connectivity index (χ0) is 16.1. The highest BCUT2D eigenvalue weighted by Crippen LogP contribution is 2.16.